The number of aromatic carboxylic acids is 1. The maximum absolute atomic E-state index is 10.9. The van der Waals surface area contributed by atoms with Gasteiger partial charge >= 0.3 is 5.97 Å². The molecule has 0 unspecified atom stereocenters. The van der Waals surface area contributed by atoms with Gasteiger partial charge in [0.1, 0.15) is 17.9 Å². The van der Waals surface area contributed by atoms with Gasteiger partial charge in [-0.3, -0.25) is 4.98 Å². The molecule has 17 heavy (non-hydrogen) atoms. The Kier molecular flexibility index (Phi) is 3.43. The predicted octanol–water partition coefficient (Wildman–Crippen LogP) is 2.71. The summed E-state index contributed by atoms with van der Waals surface area (Å²) in [6, 6.07) is 4.86. The van der Waals surface area contributed by atoms with Gasteiger partial charge in [0.2, 0.25) is 0 Å². The minimum atomic E-state index is -1.05. The van der Waals surface area contributed by atoms with Crippen molar-refractivity contribution < 1.29 is 19.1 Å². The second kappa shape index (κ2) is 5.01. The Morgan fingerprint density at radius 2 is 2.29 bits per heavy atom. The summed E-state index contributed by atoms with van der Waals surface area (Å²) in [4.78, 5) is 14.7. The third-order valence-corrected chi connectivity index (χ3v) is 2.44. The van der Waals surface area contributed by atoms with Gasteiger partial charge in [-0.25, -0.2) is 4.79 Å². The molecule has 2 aromatic rings. The number of carbonyl (C=O) groups is 1. The molecule has 0 saturated carbocycles. The van der Waals surface area contributed by atoms with Crippen molar-refractivity contribution in [1.29, 1.82) is 0 Å². The number of hydrogen-bond donors (Lipinski definition) is 1. The Labute approximate surface area is 105 Å². The minimum absolute atomic E-state index is 0.0746. The molecule has 0 radical (unpaired) electrons. The van der Waals surface area contributed by atoms with Crippen LogP contribution in [0.2, 0.25) is 0 Å². The zero-order chi connectivity index (χ0) is 12.3. The van der Waals surface area contributed by atoms with Crippen LogP contribution in [0.1, 0.15) is 16.1 Å². The minimum Gasteiger partial charge on any atom is -0.483 e. The molecule has 0 saturated heterocycles. The Balaban J connectivity index is 2.11. The molecule has 0 aliphatic heterocycles. The van der Waals surface area contributed by atoms with E-state index in [1.165, 1.54) is 18.5 Å². The van der Waals surface area contributed by atoms with Crippen LogP contribution < -0.4 is 4.74 Å². The highest BCUT2D eigenvalue weighted by Gasteiger charge is 2.11. The van der Waals surface area contributed by atoms with Crippen molar-refractivity contribution in [3.05, 3.63) is 46.6 Å². The number of carboxylic acids is 1. The molecule has 0 fully saturated rings. The van der Waals surface area contributed by atoms with E-state index in [0.717, 1.165) is 0 Å². The molecule has 6 heteroatoms. The van der Waals surface area contributed by atoms with Crippen molar-refractivity contribution in [1.82, 2.24) is 4.98 Å². The van der Waals surface area contributed by atoms with E-state index < -0.39 is 5.97 Å². The zero-order valence-electron chi connectivity index (χ0n) is 8.59. The van der Waals surface area contributed by atoms with E-state index in [1.807, 2.05) is 0 Å². The highest BCUT2D eigenvalue weighted by atomic mass is 79.9. The van der Waals surface area contributed by atoms with Crippen LogP contribution in [-0.4, -0.2) is 16.1 Å². The number of hydrogen-bond acceptors (Lipinski definition) is 4. The highest BCUT2D eigenvalue weighted by Crippen LogP contribution is 2.20. The van der Waals surface area contributed by atoms with Crippen LogP contribution in [0.4, 0.5) is 0 Å². The summed E-state index contributed by atoms with van der Waals surface area (Å²) in [7, 11) is 0. The molecule has 88 valence electrons. The Morgan fingerprint density at radius 1 is 1.47 bits per heavy atom. The van der Waals surface area contributed by atoms with Gasteiger partial charge in [0.25, 0.3) is 0 Å². The topological polar surface area (TPSA) is 72.6 Å². The molecule has 2 rings (SSSR count). The van der Waals surface area contributed by atoms with Crippen molar-refractivity contribution in [2.75, 3.05) is 0 Å². The molecule has 1 N–H and O–H groups in total. The first-order valence-electron chi connectivity index (χ1n) is 4.71. The fourth-order valence-corrected chi connectivity index (χ4v) is 1.59. The number of pyridine rings is 1. The van der Waals surface area contributed by atoms with Crippen LogP contribution in [0.5, 0.6) is 5.75 Å². The molecule has 0 aliphatic carbocycles. The summed E-state index contributed by atoms with van der Waals surface area (Å²) in [5.74, 6) is -0.243. The van der Waals surface area contributed by atoms with Crippen LogP contribution in [-0.2, 0) is 6.61 Å². The number of furan rings is 1. The number of carboxylic acid groups (broad SMARTS) is 1. The first kappa shape index (κ1) is 11.7. The summed E-state index contributed by atoms with van der Waals surface area (Å²) in [6.45, 7) is 0.150. The van der Waals surface area contributed by atoms with Crippen LogP contribution in [0.25, 0.3) is 0 Å². The Morgan fingerprint density at radius 3 is 2.94 bits per heavy atom. The monoisotopic (exact) mass is 297 g/mol. The van der Waals surface area contributed by atoms with Gasteiger partial charge in [-0.1, -0.05) is 0 Å². The number of rotatable bonds is 4. The standard InChI is InChI=1S/C11H8BrNO4/c12-10-2-1-7(17-10)6-16-9-5-13-4-3-8(9)11(14)15/h1-5H,6H2,(H,14,15). The van der Waals surface area contributed by atoms with Gasteiger partial charge < -0.3 is 14.3 Å². The zero-order valence-corrected chi connectivity index (χ0v) is 10.2. The van der Waals surface area contributed by atoms with Crippen molar-refractivity contribution in [3.8, 4) is 5.75 Å². The van der Waals surface area contributed by atoms with Crippen LogP contribution >= 0.6 is 15.9 Å². The van der Waals surface area contributed by atoms with Crippen molar-refractivity contribution in [2.45, 2.75) is 6.61 Å². The van der Waals surface area contributed by atoms with Gasteiger partial charge in [-0.05, 0) is 34.1 Å². The first-order chi connectivity index (χ1) is 8.16. The van der Waals surface area contributed by atoms with Crippen LogP contribution in [0, 0.1) is 0 Å². The third kappa shape index (κ3) is 2.85. The van der Waals surface area contributed by atoms with E-state index in [1.54, 1.807) is 12.1 Å². The van der Waals surface area contributed by atoms with Gasteiger partial charge in [0.15, 0.2) is 10.4 Å². The number of nitrogens with zero attached hydrogens (tertiary/aromatic N) is 1. The van der Waals surface area contributed by atoms with Crippen LogP contribution in [0.3, 0.4) is 0 Å². The molecule has 0 atom stereocenters. The lowest BCUT2D eigenvalue weighted by atomic mass is 10.2. The van der Waals surface area contributed by atoms with E-state index in [-0.39, 0.29) is 17.9 Å². The number of ether oxygens (including phenoxy) is 1. The fraction of sp³-hybridized carbons (Fsp3) is 0.0909. The van der Waals surface area contributed by atoms with E-state index in [4.69, 9.17) is 14.3 Å². The Hall–Kier alpha value is -1.82. The molecule has 0 aromatic carbocycles. The van der Waals surface area contributed by atoms with Gasteiger partial charge in [-0.15, -0.1) is 0 Å². The van der Waals surface area contributed by atoms with Crippen molar-refractivity contribution in [2.24, 2.45) is 0 Å². The number of halogens is 1. The molecule has 0 amide bonds. The molecule has 0 spiro atoms. The fourth-order valence-electron chi connectivity index (χ4n) is 1.25. The first-order valence-corrected chi connectivity index (χ1v) is 5.50. The maximum Gasteiger partial charge on any atom is 0.339 e. The third-order valence-electron chi connectivity index (χ3n) is 2.01. The number of aromatic nitrogens is 1. The molecular formula is C11H8BrNO4. The summed E-state index contributed by atoms with van der Waals surface area (Å²) in [6.07, 6.45) is 2.77. The lowest BCUT2D eigenvalue weighted by Crippen LogP contribution is -2.03. The lowest BCUT2D eigenvalue weighted by molar-refractivity contribution is 0.0691. The maximum atomic E-state index is 10.9. The van der Waals surface area contributed by atoms with Crippen molar-refractivity contribution >= 4 is 21.9 Å². The lowest BCUT2D eigenvalue weighted by Gasteiger charge is -2.06. The van der Waals surface area contributed by atoms with Gasteiger partial charge in [0.05, 0.1) is 6.20 Å². The largest absolute Gasteiger partial charge is 0.483 e. The van der Waals surface area contributed by atoms with Crippen molar-refractivity contribution in [3.63, 3.8) is 0 Å². The van der Waals surface area contributed by atoms with E-state index in [9.17, 15) is 4.79 Å². The van der Waals surface area contributed by atoms with E-state index in [0.29, 0.717) is 10.4 Å². The molecule has 5 nitrogen and oxygen atoms in total. The van der Waals surface area contributed by atoms with Gasteiger partial charge in [0, 0.05) is 6.20 Å². The molecule has 2 heterocycles. The summed E-state index contributed by atoms with van der Waals surface area (Å²) in [5, 5.41) is 8.93. The smallest absolute Gasteiger partial charge is 0.339 e. The summed E-state index contributed by atoms with van der Waals surface area (Å²) < 4.78 is 11.2. The van der Waals surface area contributed by atoms with E-state index in [2.05, 4.69) is 20.9 Å². The summed E-state index contributed by atoms with van der Waals surface area (Å²) in [5.41, 5.74) is 0.0746. The SMILES string of the molecule is O=C(O)c1ccncc1OCc1ccc(Br)o1. The van der Waals surface area contributed by atoms with Gasteiger partial charge in [-0.2, -0.15) is 0 Å². The molecular weight excluding hydrogens is 290 g/mol. The normalized spacial score (nSPS) is 10.2. The molecule has 0 aliphatic rings. The Bertz CT molecular complexity index is 538. The quantitative estimate of drug-likeness (QED) is 0.939. The summed E-state index contributed by atoms with van der Waals surface area (Å²) >= 11 is 3.17. The molecule has 2 aromatic heterocycles. The van der Waals surface area contributed by atoms with E-state index >= 15 is 0 Å². The highest BCUT2D eigenvalue weighted by molar-refractivity contribution is 9.10. The second-order valence-corrected chi connectivity index (χ2v) is 3.95. The average molecular weight is 298 g/mol. The predicted molar refractivity (Wildman–Crippen MR) is 61.9 cm³/mol. The average Bonchev–Trinajstić information content (AvgIpc) is 2.73. The van der Waals surface area contributed by atoms with Crippen LogP contribution in [0.15, 0.2) is 39.7 Å². The molecule has 0 bridgehead atoms. The second-order valence-electron chi connectivity index (χ2n) is 3.17.